The van der Waals surface area contributed by atoms with Crippen LogP contribution in [0.25, 0.3) is 0 Å². The SMILES string of the molecule is COCCN(c1cc(C(N)=O)c(N)cc1F)C1CC1. The predicted octanol–water partition coefficient (Wildman–Crippen LogP) is 1.12. The molecule has 0 spiro atoms. The van der Waals surface area contributed by atoms with E-state index in [1.165, 1.54) is 6.07 Å². The lowest BCUT2D eigenvalue weighted by Gasteiger charge is -2.25. The summed E-state index contributed by atoms with van der Waals surface area (Å²) < 4.78 is 19.1. The Kier molecular flexibility index (Phi) is 3.90. The molecule has 1 aromatic carbocycles. The fraction of sp³-hybridized carbons (Fsp3) is 0.462. The lowest BCUT2D eigenvalue weighted by molar-refractivity contribution is 0.100. The van der Waals surface area contributed by atoms with Gasteiger partial charge in [-0.15, -0.1) is 0 Å². The highest BCUT2D eigenvalue weighted by molar-refractivity contribution is 5.99. The van der Waals surface area contributed by atoms with Gasteiger partial charge in [0.25, 0.3) is 5.91 Å². The third kappa shape index (κ3) is 2.96. The number of primary amides is 1. The first-order valence-electron chi connectivity index (χ1n) is 6.19. The van der Waals surface area contributed by atoms with Gasteiger partial charge < -0.3 is 21.1 Å². The van der Waals surface area contributed by atoms with Crippen molar-refractivity contribution in [2.24, 2.45) is 5.73 Å². The summed E-state index contributed by atoms with van der Waals surface area (Å²) in [6.07, 6.45) is 2.03. The van der Waals surface area contributed by atoms with Crippen molar-refractivity contribution in [2.45, 2.75) is 18.9 Å². The largest absolute Gasteiger partial charge is 0.398 e. The lowest BCUT2D eigenvalue weighted by Crippen LogP contribution is -2.30. The highest BCUT2D eigenvalue weighted by atomic mass is 19.1. The number of benzene rings is 1. The van der Waals surface area contributed by atoms with Crippen molar-refractivity contribution in [2.75, 3.05) is 30.9 Å². The molecule has 1 fully saturated rings. The van der Waals surface area contributed by atoms with Gasteiger partial charge in [0.05, 0.1) is 17.9 Å². The number of methoxy groups -OCH3 is 1. The van der Waals surface area contributed by atoms with Crippen molar-refractivity contribution in [1.29, 1.82) is 0 Å². The molecular formula is C13H18FN3O2. The summed E-state index contributed by atoms with van der Waals surface area (Å²) in [7, 11) is 1.60. The molecule has 5 nitrogen and oxygen atoms in total. The average molecular weight is 267 g/mol. The molecule has 0 heterocycles. The van der Waals surface area contributed by atoms with E-state index in [9.17, 15) is 9.18 Å². The molecule has 0 aliphatic heterocycles. The van der Waals surface area contributed by atoms with Crippen LogP contribution in [0.4, 0.5) is 15.8 Å². The van der Waals surface area contributed by atoms with Crippen molar-refractivity contribution < 1.29 is 13.9 Å². The minimum absolute atomic E-state index is 0.0660. The average Bonchev–Trinajstić information content (AvgIpc) is 3.15. The van der Waals surface area contributed by atoms with Crippen LogP contribution in [0.2, 0.25) is 0 Å². The summed E-state index contributed by atoms with van der Waals surface area (Å²) in [4.78, 5) is 13.2. The molecule has 0 unspecified atom stereocenters. The van der Waals surface area contributed by atoms with Crippen LogP contribution in [0.3, 0.4) is 0 Å². The first-order chi connectivity index (χ1) is 9.04. The standard InChI is InChI=1S/C13H18FN3O2/c1-19-5-4-17(8-2-3-8)12-6-9(13(16)18)11(15)7-10(12)14/h6-8H,2-5,15H2,1H3,(H2,16,18). The second-order valence-electron chi connectivity index (χ2n) is 4.67. The van der Waals surface area contributed by atoms with Crippen molar-refractivity contribution in [3.05, 3.63) is 23.5 Å². The van der Waals surface area contributed by atoms with Gasteiger partial charge in [0.1, 0.15) is 5.82 Å². The van der Waals surface area contributed by atoms with Crippen LogP contribution in [-0.4, -0.2) is 32.2 Å². The van der Waals surface area contributed by atoms with Crippen LogP contribution < -0.4 is 16.4 Å². The van der Waals surface area contributed by atoms with E-state index in [1.54, 1.807) is 7.11 Å². The number of nitrogen functional groups attached to an aromatic ring is 1. The van der Waals surface area contributed by atoms with Crippen LogP contribution in [0.5, 0.6) is 0 Å². The van der Waals surface area contributed by atoms with Crippen molar-refractivity contribution in [3.8, 4) is 0 Å². The van der Waals surface area contributed by atoms with Gasteiger partial charge in [-0.1, -0.05) is 0 Å². The number of rotatable bonds is 6. The maximum atomic E-state index is 14.0. The smallest absolute Gasteiger partial charge is 0.250 e. The van der Waals surface area contributed by atoms with Crippen LogP contribution in [0.1, 0.15) is 23.2 Å². The van der Waals surface area contributed by atoms with E-state index < -0.39 is 11.7 Å². The number of hydrogen-bond donors (Lipinski definition) is 2. The second-order valence-corrected chi connectivity index (χ2v) is 4.67. The number of amides is 1. The first kappa shape index (κ1) is 13.6. The fourth-order valence-electron chi connectivity index (χ4n) is 2.09. The third-order valence-corrected chi connectivity index (χ3v) is 3.22. The van der Waals surface area contributed by atoms with Crippen LogP contribution >= 0.6 is 0 Å². The van der Waals surface area contributed by atoms with Gasteiger partial charge in [-0.2, -0.15) is 0 Å². The number of nitrogens with zero attached hydrogens (tertiary/aromatic N) is 1. The molecule has 4 N–H and O–H groups in total. The molecule has 0 bridgehead atoms. The molecule has 1 saturated carbocycles. The van der Waals surface area contributed by atoms with Gasteiger partial charge in [-0.25, -0.2) is 4.39 Å². The van der Waals surface area contributed by atoms with Gasteiger partial charge in [0, 0.05) is 25.4 Å². The molecule has 2 rings (SSSR count). The monoisotopic (exact) mass is 267 g/mol. The van der Waals surface area contributed by atoms with E-state index >= 15 is 0 Å². The lowest BCUT2D eigenvalue weighted by atomic mass is 10.1. The summed E-state index contributed by atoms with van der Waals surface area (Å²) in [6, 6.07) is 2.88. The molecule has 0 aromatic heterocycles. The van der Waals surface area contributed by atoms with E-state index in [2.05, 4.69) is 0 Å². The summed E-state index contributed by atoms with van der Waals surface area (Å²) in [5.41, 5.74) is 11.4. The Hall–Kier alpha value is -1.82. The minimum atomic E-state index is -0.652. The maximum absolute atomic E-state index is 14.0. The normalized spacial score (nSPS) is 14.4. The molecule has 0 atom stereocenters. The molecule has 19 heavy (non-hydrogen) atoms. The zero-order valence-corrected chi connectivity index (χ0v) is 10.9. The summed E-state index contributed by atoms with van der Waals surface area (Å²) in [5, 5.41) is 0. The Morgan fingerprint density at radius 1 is 1.53 bits per heavy atom. The van der Waals surface area contributed by atoms with Crippen molar-refractivity contribution in [3.63, 3.8) is 0 Å². The van der Waals surface area contributed by atoms with E-state index in [0.717, 1.165) is 18.9 Å². The number of nitrogens with two attached hydrogens (primary N) is 2. The predicted molar refractivity (Wildman–Crippen MR) is 71.6 cm³/mol. The molecule has 1 aromatic rings. The zero-order valence-electron chi connectivity index (χ0n) is 10.9. The number of anilines is 2. The second kappa shape index (κ2) is 5.44. The van der Waals surface area contributed by atoms with Crippen molar-refractivity contribution in [1.82, 2.24) is 0 Å². The molecule has 0 saturated heterocycles. The number of ether oxygens (including phenoxy) is 1. The Balaban J connectivity index is 2.35. The van der Waals surface area contributed by atoms with E-state index in [0.29, 0.717) is 24.9 Å². The molecule has 6 heteroatoms. The van der Waals surface area contributed by atoms with Gasteiger partial charge >= 0.3 is 0 Å². The van der Waals surface area contributed by atoms with E-state index in [1.807, 2.05) is 4.90 Å². The first-order valence-corrected chi connectivity index (χ1v) is 6.19. The highest BCUT2D eigenvalue weighted by Crippen LogP contribution is 2.34. The van der Waals surface area contributed by atoms with Crippen molar-refractivity contribution >= 4 is 17.3 Å². The van der Waals surface area contributed by atoms with Crippen LogP contribution in [0.15, 0.2) is 12.1 Å². The Bertz CT molecular complexity index is 489. The summed E-state index contributed by atoms with van der Waals surface area (Å²) in [6.45, 7) is 1.06. The quantitative estimate of drug-likeness (QED) is 0.757. The van der Waals surface area contributed by atoms with Crippen LogP contribution in [-0.2, 0) is 4.74 Å². The van der Waals surface area contributed by atoms with E-state index in [-0.39, 0.29) is 11.3 Å². The number of carbonyl (C=O) groups excluding carboxylic acids is 1. The Morgan fingerprint density at radius 3 is 2.74 bits per heavy atom. The molecule has 1 amide bonds. The molecular weight excluding hydrogens is 249 g/mol. The molecule has 0 radical (unpaired) electrons. The molecule has 104 valence electrons. The third-order valence-electron chi connectivity index (χ3n) is 3.22. The number of hydrogen-bond acceptors (Lipinski definition) is 4. The van der Waals surface area contributed by atoms with E-state index in [4.69, 9.17) is 16.2 Å². The Morgan fingerprint density at radius 2 is 2.21 bits per heavy atom. The zero-order chi connectivity index (χ0) is 14.0. The molecule has 1 aliphatic rings. The number of halogens is 1. The molecule has 1 aliphatic carbocycles. The highest BCUT2D eigenvalue weighted by Gasteiger charge is 2.31. The summed E-state index contributed by atoms with van der Waals surface area (Å²) in [5.74, 6) is -1.09. The Labute approximate surface area is 111 Å². The van der Waals surface area contributed by atoms with Crippen LogP contribution in [0, 0.1) is 5.82 Å². The fourth-order valence-corrected chi connectivity index (χ4v) is 2.09. The topological polar surface area (TPSA) is 81.6 Å². The summed E-state index contributed by atoms with van der Waals surface area (Å²) >= 11 is 0. The maximum Gasteiger partial charge on any atom is 0.250 e. The van der Waals surface area contributed by atoms with Gasteiger partial charge in [-0.3, -0.25) is 4.79 Å². The minimum Gasteiger partial charge on any atom is -0.398 e. The van der Waals surface area contributed by atoms with Gasteiger partial charge in [0.15, 0.2) is 0 Å². The number of carbonyl (C=O) groups is 1. The van der Waals surface area contributed by atoms with Gasteiger partial charge in [-0.05, 0) is 25.0 Å². The van der Waals surface area contributed by atoms with Gasteiger partial charge in [0.2, 0.25) is 0 Å².